The molecule has 0 aromatic carbocycles. The van der Waals surface area contributed by atoms with Crippen molar-refractivity contribution in [3.05, 3.63) is 18.0 Å². The van der Waals surface area contributed by atoms with Gasteiger partial charge in [-0.25, -0.2) is 18.4 Å². The molecule has 1 aromatic rings. The van der Waals surface area contributed by atoms with Crippen LogP contribution in [0.25, 0.3) is 0 Å². The lowest BCUT2D eigenvalue weighted by molar-refractivity contribution is 0.0476. The van der Waals surface area contributed by atoms with E-state index >= 15 is 0 Å². The predicted octanol–water partition coefficient (Wildman–Crippen LogP) is 1.82. The summed E-state index contributed by atoms with van der Waals surface area (Å²) in [6, 6.07) is 1.50. The molecule has 0 bridgehead atoms. The molecule has 0 atom stereocenters. The Kier molecular flexibility index (Phi) is 3.79. The molecule has 2 saturated carbocycles. The summed E-state index contributed by atoms with van der Waals surface area (Å²) in [5.41, 5.74) is 0.291. The second-order valence-corrected chi connectivity index (χ2v) is 7.53. The molecule has 21 heavy (non-hydrogen) atoms. The Morgan fingerprint density at radius 1 is 1.33 bits per heavy atom. The van der Waals surface area contributed by atoms with Crippen LogP contribution in [0, 0.1) is 5.92 Å². The summed E-state index contributed by atoms with van der Waals surface area (Å²) in [6.07, 6.45) is 7.75. The highest BCUT2D eigenvalue weighted by molar-refractivity contribution is 7.89. The van der Waals surface area contributed by atoms with E-state index in [0.29, 0.717) is 18.2 Å². The number of carbonyl (C=O) groups is 1. The van der Waals surface area contributed by atoms with Crippen LogP contribution in [0.15, 0.2) is 17.2 Å². The van der Waals surface area contributed by atoms with E-state index in [2.05, 4.69) is 0 Å². The van der Waals surface area contributed by atoms with Crippen molar-refractivity contribution in [3.8, 4) is 0 Å². The molecule has 0 amide bonds. The van der Waals surface area contributed by atoms with E-state index in [0.717, 1.165) is 25.7 Å². The first kappa shape index (κ1) is 14.6. The number of rotatable bonds is 6. The van der Waals surface area contributed by atoms with Gasteiger partial charge in [-0.2, -0.15) is 0 Å². The number of aromatic nitrogens is 1. The number of carbonyl (C=O) groups excluding carboxylic acids is 1. The maximum absolute atomic E-state index is 12.2. The topological polar surface area (TPSA) is 91.4 Å². The number of nitrogens with two attached hydrogens (primary N) is 1. The van der Waals surface area contributed by atoms with Crippen molar-refractivity contribution in [2.75, 3.05) is 6.61 Å². The summed E-state index contributed by atoms with van der Waals surface area (Å²) in [7, 11) is -3.81. The van der Waals surface area contributed by atoms with Gasteiger partial charge in [-0.15, -0.1) is 0 Å². The van der Waals surface area contributed by atoms with Crippen molar-refractivity contribution in [2.24, 2.45) is 11.1 Å². The van der Waals surface area contributed by atoms with Crippen LogP contribution in [0.1, 0.15) is 55.1 Å². The largest absolute Gasteiger partial charge is 0.461 e. The van der Waals surface area contributed by atoms with E-state index < -0.39 is 16.0 Å². The van der Waals surface area contributed by atoms with Gasteiger partial charge < -0.3 is 9.30 Å². The Hall–Kier alpha value is -1.34. The van der Waals surface area contributed by atoms with Gasteiger partial charge in [-0.05, 0) is 37.7 Å². The molecule has 0 spiro atoms. The molecule has 116 valence electrons. The molecule has 6 nitrogen and oxygen atoms in total. The molecule has 0 aliphatic heterocycles. The maximum atomic E-state index is 12.2. The highest BCUT2D eigenvalue weighted by atomic mass is 32.2. The van der Waals surface area contributed by atoms with E-state index in [1.54, 1.807) is 4.57 Å². The van der Waals surface area contributed by atoms with Gasteiger partial charge >= 0.3 is 5.97 Å². The molecular weight excluding hydrogens is 292 g/mol. The minimum absolute atomic E-state index is 0.0245. The number of hydrogen-bond acceptors (Lipinski definition) is 4. The summed E-state index contributed by atoms with van der Waals surface area (Å²) >= 11 is 0. The van der Waals surface area contributed by atoms with Gasteiger partial charge in [0.15, 0.2) is 0 Å². The summed E-state index contributed by atoms with van der Waals surface area (Å²) in [6.45, 7) is 0.393. The van der Waals surface area contributed by atoms with Crippen LogP contribution >= 0.6 is 0 Å². The lowest BCUT2D eigenvalue weighted by atomic mass is 9.93. The van der Waals surface area contributed by atoms with E-state index in [1.807, 2.05) is 0 Å². The minimum Gasteiger partial charge on any atom is -0.461 e. The Bertz CT molecular complexity index is 642. The zero-order valence-electron chi connectivity index (χ0n) is 11.8. The summed E-state index contributed by atoms with van der Waals surface area (Å²) in [4.78, 5) is 12.1. The van der Waals surface area contributed by atoms with E-state index in [4.69, 9.17) is 9.88 Å². The first-order chi connectivity index (χ1) is 9.95. The molecule has 0 radical (unpaired) electrons. The molecule has 7 heteroatoms. The third-order valence-corrected chi connectivity index (χ3v) is 5.17. The fraction of sp³-hybridized carbons (Fsp3) is 0.643. The monoisotopic (exact) mass is 312 g/mol. The summed E-state index contributed by atoms with van der Waals surface area (Å²) < 4.78 is 29.9. The number of primary sulfonamides is 1. The molecule has 1 heterocycles. The number of sulfonamides is 1. The third kappa shape index (κ3) is 3.29. The molecule has 0 saturated heterocycles. The molecule has 2 aliphatic carbocycles. The van der Waals surface area contributed by atoms with Crippen molar-refractivity contribution in [2.45, 2.75) is 49.5 Å². The van der Waals surface area contributed by atoms with Crippen LogP contribution in [-0.4, -0.2) is 25.6 Å². The molecule has 0 unspecified atom stereocenters. The highest BCUT2D eigenvalue weighted by Gasteiger charge is 2.28. The van der Waals surface area contributed by atoms with Crippen LogP contribution in [0.2, 0.25) is 0 Å². The van der Waals surface area contributed by atoms with Crippen LogP contribution in [0.5, 0.6) is 0 Å². The van der Waals surface area contributed by atoms with Gasteiger partial charge in [0.05, 0.1) is 6.61 Å². The number of ether oxygens (including phenoxy) is 1. The molecule has 2 aliphatic rings. The maximum Gasteiger partial charge on any atom is 0.354 e. The highest BCUT2D eigenvalue weighted by Crippen LogP contribution is 2.35. The Morgan fingerprint density at radius 3 is 2.57 bits per heavy atom. The SMILES string of the molecule is NS(=O)(=O)c1cc(C(=O)OCCC2CC2)n(C2CCC2)c1. The fourth-order valence-electron chi connectivity index (χ4n) is 2.54. The van der Waals surface area contributed by atoms with Gasteiger partial charge in [0.1, 0.15) is 10.6 Å². The van der Waals surface area contributed by atoms with Gasteiger partial charge in [0.25, 0.3) is 0 Å². The molecule has 1 aromatic heterocycles. The first-order valence-corrected chi connectivity index (χ1v) is 8.91. The quantitative estimate of drug-likeness (QED) is 0.811. The van der Waals surface area contributed by atoms with Crippen molar-refractivity contribution in [1.82, 2.24) is 4.57 Å². The zero-order chi connectivity index (χ0) is 15.0. The van der Waals surface area contributed by atoms with Crippen LogP contribution < -0.4 is 5.14 Å². The molecule has 2 fully saturated rings. The van der Waals surface area contributed by atoms with Crippen LogP contribution in [0.3, 0.4) is 0 Å². The number of nitrogens with zero attached hydrogens (tertiary/aromatic N) is 1. The van der Waals surface area contributed by atoms with Crippen molar-refractivity contribution >= 4 is 16.0 Å². The Morgan fingerprint density at radius 2 is 2.05 bits per heavy atom. The van der Waals surface area contributed by atoms with Gasteiger partial charge in [-0.3, -0.25) is 0 Å². The van der Waals surface area contributed by atoms with Gasteiger partial charge in [0, 0.05) is 12.2 Å². The molecular formula is C14H20N2O4S. The van der Waals surface area contributed by atoms with Crippen LogP contribution in [0.4, 0.5) is 0 Å². The van der Waals surface area contributed by atoms with Crippen molar-refractivity contribution < 1.29 is 17.9 Å². The van der Waals surface area contributed by atoms with Crippen molar-refractivity contribution in [3.63, 3.8) is 0 Å². The minimum atomic E-state index is -3.81. The number of hydrogen-bond donors (Lipinski definition) is 1. The Balaban J connectivity index is 1.77. The molecule has 2 N–H and O–H groups in total. The van der Waals surface area contributed by atoms with Gasteiger partial charge in [-0.1, -0.05) is 12.8 Å². The predicted molar refractivity (Wildman–Crippen MR) is 76.3 cm³/mol. The van der Waals surface area contributed by atoms with Crippen LogP contribution in [-0.2, 0) is 14.8 Å². The second kappa shape index (κ2) is 5.46. The summed E-state index contributed by atoms with van der Waals surface area (Å²) in [5, 5.41) is 5.15. The van der Waals surface area contributed by atoms with Crippen molar-refractivity contribution in [1.29, 1.82) is 0 Å². The average Bonchev–Trinajstić information content (AvgIpc) is 3.04. The summed E-state index contributed by atoms with van der Waals surface area (Å²) in [5.74, 6) is 0.230. The number of esters is 1. The lowest BCUT2D eigenvalue weighted by Gasteiger charge is -2.28. The third-order valence-electron chi connectivity index (χ3n) is 4.29. The smallest absolute Gasteiger partial charge is 0.354 e. The van der Waals surface area contributed by atoms with E-state index in [9.17, 15) is 13.2 Å². The average molecular weight is 312 g/mol. The Labute approximate surface area is 124 Å². The normalized spacial score (nSPS) is 19.3. The van der Waals surface area contributed by atoms with Gasteiger partial charge in [0.2, 0.25) is 10.0 Å². The fourth-order valence-corrected chi connectivity index (χ4v) is 3.08. The second-order valence-electron chi connectivity index (χ2n) is 5.97. The van der Waals surface area contributed by atoms with E-state index in [1.165, 1.54) is 25.1 Å². The molecule has 3 rings (SSSR count). The standard InChI is InChI=1S/C14H20N2O4S/c15-21(18,19)12-8-13(16(9-12)11-2-1-3-11)14(17)20-7-6-10-4-5-10/h8-11H,1-7H2,(H2,15,18,19). The zero-order valence-corrected chi connectivity index (χ0v) is 12.6. The lowest BCUT2D eigenvalue weighted by Crippen LogP contribution is -2.21. The first-order valence-electron chi connectivity index (χ1n) is 7.37. The van der Waals surface area contributed by atoms with E-state index in [-0.39, 0.29) is 10.9 Å².